The number of anilines is 1. The highest BCUT2D eigenvalue weighted by Gasteiger charge is 2.11. The van der Waals surface area contributed by atoms with Crippen molar-refractivity contribution in [2.45, 2.75) is 18.7 Å². The second-order valence-corrected chi connectivity index (χ2v) is 5.86. The number of methoxy groups -OCH3 is 1. The number of carbonyl (C=O) groups is 1. The van der Waals surface area contributed by atoms with Gasteiger partial charge >= 0.3 is 0 Å². The van der Waals surface area contributed by atoms with Gasteiger partial charge in [-0.25, -0.2) is 0 Å². The van der Waals surface area contributed by atoms with Crippen molar-refractivity contribution in [2.24, 2.45) is 0 Å². The number of carbonyl (C=O) groups excluding carboxylic acids is 1. The van der Waals surface area contributed by atoms with E-state index in [4.69, 9.17) is 4.74 Å². The summed E-state index contributed by atoms with van der Waals surface area (Å²) in [6.07, 6.45) is 0. The zero-order valence-corrected chi connectivity index (χ0v) is 13.7. The van der Waals surface area contributed by atoms with Crippen LogP contribution in [0.4, 0.5) is 5.69 Å². The van der Waals surface area contributed by atoms with Crippen LogP contribution in [0.15, 0.2) is 70.1 Å². The third kappa shape index (κ3) is 4.40. The zero-order chi connectivity index (χ0) is 15.9. The Balaban J connectivity index is 2.20. The molecule has 0 amide bonds. The highest BCUT2D eigenvalue weighted by molar-refractivity contribution is 8.04. The summed E-state index contributed by atoms with van der Waals surface area (Å²) < 4.78 is 5.15. The number of thioether (sulfide) groups is 1. The first-order valence-electron chi connectivity index (χ1n) is 6.96. The number of allylic oxidation sites excluding steroid dienone is 2. The first kappa shape index (κ1) is 16.2. The third-order valence-electron chi connectivity index (χ3n) is 3.05. The fourth-order valence-corrected chi connectivity index (χ4v) is 2.82. The SMILES string of the molecule is COc1ccc(S/C(C(C)=O)=C(\C)Nc2ccccc2)cc1. The fourth-order valence-electron chi connectivity index (χ4n) is 1.97. The Kier molecular flexibility index (Phi) is 5.67. The summed E-state index contributed by atoms with van der Waals surface area (Å²) in [4.78, 5) is 13.7. The number of rotatable bonds is 6. The molecule has 0 saturated heterocycles. The summed E-state index contributed by atoms with van der Waals surface area (Å²) in [6.45, 7) is 3.50. The fraction of sp³-hybridized carbons (Fsp3) is 0.167. The lowest BCUT2D eigenvalue weighted by Gasteiger charge is -2.12. The molecule has 0 bridgehead atoms. The summed E-state index contributed by atoms with van der Waals surface area (Å²) in [7, 11) is 1.64. The Labute approximate surface area is 135 Å². The molecule has 0 spiro atoms. The molecule has 3 nitrogen and oxygen atoms in total. The minimum absolute atomic E-state index is 0.0433. The molecule has 0 unspecified atom stereocenters. The van der Waals surface area contributed by atoms with Gasteiger partial charge in [-0.05, 0) is 50.2 Å². The van der Waals surface area contributed by atoms with Gasteiger partial charge in [0.2, 0.25) is 0 Å². The maximum atomic E-state index is 12.0. The van der Waals surface area contributed by atoms with E-state index < -0.39 is 0 Å². The first-order valence-corrected chi connectivity index (χ1v) is 7.77. The predicted octanol–water partition coefficient (Wildman–Crippen LogP) is 4.72. The van der Waals surface area contributed by atoms with Crippen LogP contribution >= 0.6 is 11.8 Å². The summed E-state index contributed by atoms with van der Waals surface area (Å²) in [5.41, 5.74) is 1.81. The molecule has 0 aliphatic carbocycles. The van der Waals surface area contributed by atoms with Gasteiger partial charge in [0.1, 0.15) is 5.75 Å². The van der Waals surface area contributed by atoms with E-state index in [1.807, 2.05) is 61.5 Å². The van der Waals surface area contributed by atoms with Crippen LogP contribution in [0.2, 0.25) is 0 Å². The molecule has 22 heavy (non-hydrogen) atoms. The van der Waals surface area contributed by atoms with Gasteiger partial charge in [0.05, 0.1) is 12.0 Å². The van der Waals surface area contributed by atoms with E-state index in [9.17, 15) is 4.79 Å². The average Bonchev–Trinajstić information content (AvgIpc) is 2.53. The molecule has 0 aliphatic rings. The number of ketones is 1. The van der Waals surface area contributed by atoms with E-state index in [0.717, 1.165) is 22.0 Å². The van der Waals surface area contributed by atoms with Crippen LogP contribution in [0.5, 0.6) is 5.75 Å². The molecular weight excluding hydrogens is 294 g/mol. The van der Waals surface area contributed by atoms with Crippen molar-refractivity contribution in [1.82, 2.24) is 0 Å². The van der Waals surface area contributed by atoms with Gasteiger partial charge < -0.3 is 10.1 Å². The van der Waals surface area contributed by atoms with Crippen LogP contribution in [0, 0.1) is 0 Å². The van der Waals surface area contributed by atoms with Crippen molar-refractivity contribution < 1.29 is 9.53 Å². The minimum atomic E-state index is 0.0433. The smallest absolute Gasteiger partial charge is 0.168 e. The molecule has 0 fully saturated rings. The molecule has 2 aromatic carbocycles. The minimum Gasteiger partial charge on any atom is -0.497 e. The molecule has 2 rings (SSSR count). The molecule has 0 aromatic heterocycles. The lowest BCUT2D eigenvalue weighted by atomic mass is 10.3. The van der Waals surface area contributed by atoms with E-state index in [1.165, 1.54) is 11.8 Å². The Hall–Kier alpha value is -2.20. The molecule has 2 aromatic rings. The van der Waals surface area contributed by atoms with E-state index in [0.29, 0.717) is 4.91 Å². The number of hydrogen-bond donors (Lipinski definition) is 1. The lowest BCUT2D eigenvalue weighted by Crippen LogP contribution is -2.04. The molecule has 0 heterocycles. The maximum absolute atomic E-state index is 12.0. The largest absolute Gasteiger partial charge is 0.497 e. The van der Waals surface area contributed by atoms with Crippen molar-refractivity contribution in [2.75, 3.05) is 12.4 Å². The Bertz CT molecular complexity index is 663. The van der Waals surface area contributed by atoms with E-state index >= 15 is 0 Å². The topological polar surface area (TPSA) is 38.3 Å². The molecule has 0 saturated carbocycles. The lowest BCUT2D eigenvalue weighted by molar-refractivity contribution is -0.113. The summed E-state index contributed by atoms with van der Waals surface area (Å²) >= 11 is 1.46. The first-order chi connectivity index (χ1) is 10.6. The van der Waals surface area contributed by atoms with Crippen LogP contribution in [-0.2, 0) is 4.79 Å². The standard InChI is InChI=1S/C18H19NO2S/c1-13(19-15-7-5-4-6-8-15)18(14(2)20)22-17-11-9-16(21-3)10-12-17/h4-12,19H,1-3H3/b18-13+. The normalized spacial score (nSPS) is 11.6. The molecule has 114 valence electrons. The number of ether oxygens (including phenoxy) is 1. The highest BCUT2D eigenvalue weighted by atomic mass is 32.2. The van der Waals surface area contributed by atoms with Gasteiger partial charge in [-0.1, -0.05) is 30.0 Å². The number of benzene rings is 2. The summed E-state index contributed by atoms with van der Waals surface area (Å²) in [5, 5.41) is 3.28. The number of hydrogen-bond acceptors (Lipinski definition) is 4. The molecule has 0 aliphatic heterocycles. The second kappa shape index (κ2) is 7.71. The molecular formula is C18H19NO2S. The van der Waals surface area contributed by atoms with Gasteiger partial charge in [-0.2, -0.15) is 0 Å². The van der Waals surface area contributed by atoms with Crippen LogP contribution in [-0.4, -0.2) is 12.9 Å². The second-order valence-electron chi connectivity index (χ2n) is 4.78. The highest BCUT2D eigenvalue weighted by Crippen LogP contribution is 2.31. The van der Waals surface area contributed by atoms with Gasteiger partial charge in [-0.3, -0.25) is 4.79 Å². The molecule has 1 N–H and O–H groups in total. The quantitative estimate of drug-likeness (QED) is 0.618. The van der Waals surface area contributed by atoms with E-state index in [1.54, 1.807) is 14.0 Å². The van der Waals surface area contributed by atoms with Crippen molar-refractivity contribution in [3.05, 3.63) is 65.2 Å². The average molecular weight is 313 g/mol. The van der Waals surface area contributed by atoms with Gasteiger partial charge in [0.15, 0.2) is 5.78 Å². The number of nitrogens with one attached hydrogen (secondary N) is 1. The zero-order valence-electron chi connectivity index (χ0n) is 12.9. The Morgan fingerprint density at radius 1 is 1.00 bits per heavy atom. The van der Waals surface area contributed by atoms with Gasteiger partial charge in [-0.15, -0.1) is 0 Å². The van der Waals surface area contributed by atoms with Gasteiger partial charge in [0, 0.05) is 16.3 Å². The van der Waals surface area contributed by atoms with Crippen LogP contribution < -0.4 is 10.1 Å². The molecule has 4 heteroatoms. The molecule has 0 atom stereocenters. The van der Waals surface area contributed by atoms with Crippen LogP contribution in [0.25, 0.3) is 0 Å². The maximum Gasteiger partial charge on any atom is 0.168 e. The van der Waals surface area contributed by atoms with Crippen molar-refractivity contribution in [3.63, 3.8) is 0 Å². The summed E-state index contributed by atoms with van der Waals surface area (Å²) in [5.74, 6) is 0.846. The van der Waals surface area contributed by atoms with Crippen molar-refractivity contribution >= 4 is 23.2 Å². The van der Waals surface area contributed by atoms with Crippen molar-refractivity contribution in [3.8, 4) is 5.75 Å². The van der Waals surface area contributed by atoms with Gasteiger partial charge in [0.25, 0.3) is 0 Å². The van der Waals surface area contributed by atoms with E-state index in [2.05, 4.69) is 5.32 Å². The Morgan fingerprint density at radius 3 is 2.18 bits per heavy atom. The monoisotopic (exact) mass is 313 g/mol. The number of Topliss-reactive ketones (excluding diaryl/α,β-unsaturated/α-hetero) is 1. The van der Waals surface area contributed by atoms with Crippen molar-refractivity contribution in [1.29, 1.82) is 0 Å². The number of para-hydroxylation sites is 1. The summed E-state index contributed by atoms with van der Waals surface area (Å²) in [6, 6.07) is 17.5. The third-order valence-corrected chi connectivity index (χ3v) is 4.35. The van der Waals surface area contributed by atoms with E-state index in [-0.39, 0.29) is 5.78 Å². The van der Waals surface area contributed by atoms with Crippen LogP contribution in [0.3, 0.4) is 0 Å². The predicted molar refractivity (Wildman–Crippen MR) is 92.3 cm³/mol. The van der Waals surface area contributed by atoms with Crippen LogP contribution in [0.1, 0.15) is 13.8 Å². The molecule has 0 radical (unpaired) electrons. The Morgan fingerprint density at radius 2 is 1.64 bits per heavy atom.